The minimum atomic E-state index is 1.20. The van der Waals surface area contributed by atoms with E-state index in [1.54, 1.807) is 5.82 Å². The van der Waals surface area contributed by atoms with Crippen LogP contribution in [0.1, 0.15) is 213 Å². The fourth-order valence-electron chi connectivity index (χ4n) is 6.30. The zero-order valence-electron chi connectivity index (χ0n) is 28.2. The number of nitrogens with zero attached hydrogens (tertiary/aromatic N) is 2. The molecule has 0 saturated heterocycles. The van der Waals surface area contributed by atoms with Crippen molar-refractivity contribution >= 4 is 0 Å². The van der Waals surface area contributed by atoms with E-state index in [1.807, 2.05) is 0 Å². The molecule has 0 amide bonds. The number of aromatic nitrogens is 2. The molecular weight excluding hydrogens is 484 g/mol. The standard InChI is InChI=1S/C38H75N2/c1-4-7-10-12-14-16-18-20-21-22-24-26-28-30-32-35-40-37-36-39(34-9-6-3)38(40)33-31-29-27-25-23-19-17-15-13-11-8-5-2/h36-37H,4-35H2,1-3H3/q+1. The second-order valence-corrected chi connectivity index (χ2v) is 13.0. The Morgan fingerprint density at radius 2 is 0.775 bits per heavy atom. The molecule has 0 radical (unpaired) electrons. The van der Waals surface area contributed by atoms with Crippen molar-refractivity contribution in [2.24, 2.45) is 0 Å². The molecule has 0 aliphatic carbocycles. The summed E-state index contributed by atoms with van der Waals surface area (Å²) in [4.78, 5) is 0. The van der Waals surface area contributed by atoms with Crippen LogP contribution in [0.15, 0.2) is 12.4 Å². The van der Waals surface area contributed by atoms with Crippen LogP contribution >= 0.6 is 0 Å². The average molecular weight is 560 g/mol. The van der Waals surface area contributed by atoms with E-state index < -0.39 is 0 Å². The second kappa shape index (κ2) is 29.7. The van der Waals surface area contributed by atoms with Crippen molar-refractivity contribution < 1.29 is 4.57 Å². The van der Waals surface area contributed by atoms with Gasteiger partial charge in [0.25, 0.3) is 5.82 Å². The van der Waals surface area contributed by atoms with Gasteiger partial charge >= 0.3 is 0 Å². The minimum Gasteiger partial charge on any atom is -0.234 e. The Bertz CT molecular complexity index is 619. The molecular formula is C38H75N2+. The highest BCUT2D eigenvalue weighted by molar-refractivity contribution is 4.84. The Labute approximate surface area is 253 Å². The molecule has 1 aromatic rings. The minimum absolute atomic E-state index is 1.20. The van der Waals surface area contributed by atoms with Gasteiger partial charge < -0.3 is 0 Å². The number of aryl methyl sites for hydroxylation is 2. The number of hydrogen-bond acceptors (Lipinski definition) is 0. The van der Waals surface area contributed by atoms with Crippen molar-refractivity contribution in [2.45, 2.75) is 226 Å². The predicted octanol–water partition coefficient (Wildman–Crippen LogP) is 12.7. The van der Waals surface area contributed by atoms with Crippen LogP contribution in [0.25, 0.3) is 0 Å². The van der Waals surface area contributed by atoms with Crippen molar-refractivity contribution in [1.29, 1.82) is 0 Å². The maximum atomic E-state index is 2.61. The van der Waals surface area contributed by atoms with E-state index in [4.69, 9.17) is 0 Å². The number of rotatable bonds is 32. The first-order chi connectivity index (χ1) is 19.8. The second-order valence-electron chi connectivity index (χ2n) is 13.0. The van der Waals surface area contributed by atoms with Gasteiger partial charge in [0.15, 0.2) is 0 Å². The largest absolute Gasteiger partial charge is 0.256 e. The lowest BCUT2D eigenvalue weighted by Crippen LogP contribution is -2.37. The Morgan fingerprint density at radius 1 is 0.425 bits per heavy atom. The fourth-order valence-corrected chi connectivity index (χ4v) is 6.30. The summed E-state index contributed by atoms with van der Waals surface area (Å²) in [5, 5.41) is 0. The van der Waals surface area contributed by atoms with Gasteiger partial charge in [-0.3, -0.25) is 0 Å². The van der Waals surface area contributed by atoms with E-state index in [-0.39, 0.29) is 0 Å². The highest BCUT2D eigenvalue weighted by Crippen LogP contribution is 2.15. The van der Waals surface area contributed by atoms with Crippen LogP contribution < -0.4 is 4.57 Å². The zero-order chi connectivity index (χ0) is 28.8. The molecule has 1 aromatic heterocycles. The van der Waals surface area contributed by atoms with Crippen molar-refractivity contribution in [1.82, 2.24) is 4.57 Å². The number of hydrogen-bond donors (Lipinski definition) is 0. The first kappa shape index (κ1) is 37.2. The SMILES string of the molecule is CCCCCCCCCCCCCCCCC[n+]1ccn(CCCC)c1CCCCCCCCCCCCCC. The average Bonchev–Trinajstić information content (AvgIpc) is 3.35. The summed E-state index contributed by atoms with van der Waals surface area (Å²) < 4.78 is 5.18. The summed E-state index contributed by atoms with van der Waals surface area (Å²) in [5.41, 5.74) is 0. The van der Waals surface area contributed by atoms with Crippen molar-refractivity contribution in [3.63, 3.8) is 0 Å². The Balaban J connectivity index is 2.09. The Kier molecular flexibility index (Phi) is 27.6. The van der Waals surface area contributed by atoms with E-state index in [0.29, 0.717) is 0 Å². The smallest absolute Gasteiger partial charge is 0.234 e. The summed E-state index contributed by atoms with van der Waals surface area (Å²) >= 11 is 0. The van der Waals surface area contributed by atoms with Gasteiger partial charge in [-0.1, -0.05) is 181 Å². The lowest BCUT2D eigenvalue weighted by atomic mass is 10.0. The van der Waals surface area contributed by atoms with Crippen LogP contribution in [0.3, 0.4) is 0 Å². The summed E-state index contributed by atoms with van der Waals surface area (Å²) in [7, 11) is 0. The van der Waals surface area contributed by atoms with Crippen LogP contribution in [0.4, 0.5) is 0 Å². The molecule has 0 spiro atoms. The molecule has 0 aromatic carbocycles. The third-order valence-corrected chi connectivity index (χ3v) is 9.10. The maximum Gasteiger partial charge on any atom is 0.256 e. The highest BCUT2D eigenvalue weighted by atomic mass is 15.1. The van der Waals surface area contributed by atoms with Gasteiger partial charge in [0.1, 0.15) is 12.4 Å². The molecule has 0 atom stereocenters. The molecule has 1 rings (SSSR count). The van der Waals surface area contributed by atoms with E-state index >= 15 is 0 Å². The van der Waals surface area contributed by atoms with Gasteiger partial charge in [-0.15, -0.1) is 0 Å². The van der Waals surface area contributed by atoms with Gasteiger partial charge in [0.05, 0.1) is 13.1 Å². The molecule has 0 N–H and O–H groups in total. The van der Waals surface area contributed by atoms with Gasteiger partial charge in [-0.25, -0.2) is 9.13 Å². The molecule has 0 bridgehead atoms. The topological polar surface area (TPSA) is 8.81 Å². The van der Waals surface area contributed by atoms with Gasteiger partial charge in [-0.2, -0.15) is 0 Å². The molecule has 0 saturated carbocycles. The van der Waals surface area contributed by atoms with Crippen LogP contribution in [0.2, 0.25) is 0 Å². The molecule has 0 aliphatic heterocycles. The third-order valence-electron chi connectivity index (χ3n) is 9.10. The van der Waals surface area contributed by atoms with Gasteiger partial charge in [0, 0.05) is 6.42 Å². The monoisotopic (exact) mass is 560 g/mol. The van der Waals surface area contributed by atoms with E-state index in [1.165, 1.54) is 206 Å². The molecule has 2 heteroatoms. The van der Waals surface area contributed by atoms with Crippen molar-refractivity contribution in [2.75, 3.05) is 0 Å². The Hall–Kier alpha value is -0.790. The van der Waals surface area contributed by atoms with Crippen LogP contribution in [0.5, 0.6) is 0 Å². The fraction of sp³-hybridized carbons (Fsp3) is 0.921. The first-order valence-electron chi connectivity index (χ1n) is 18.9. The lowest BCUT2D eigenvalue weighted by molar-refractivity contribution is -0.704. The molecule has 0 unspecified atom stereocenters. The molecule has 236 valence electrons. The van der Waals surface area contributed by atoms with Crippen LogP contribution in [-0.4, -0.2) is 4.57 Å². The summed E-state index contributed by atoms with van der Waals surface area (Å²) in [6, 6.07) is 0. The third kappa shape index (κ3) is 21.9. The van der Waals surface area contributed by atoms with Crippen LogP contribution in [0, 0.1) is 0 Å². The summed E-state index contributed by atoms with van der Waals surface area (Å²) in [5.74, 6) is 1.60. The lowest BCUT2D eigenvalue weighted by Gasteiger charge is -2.07. The van der Waals surface area contributed by atoms with E-state index in [2.05, 4.69) is 42.3 Å². The van der Waals surface area contributed by atoms with Crippen molar-refractivity contribution in [3.05, 3.63) is 18.2 Å². The Morgan fingerprint density at radius 3 is 1.18 bits per heavy atom. The normalized spacial score (nSPS) is 11.6. The van der Waals surface area contributed by atoms with Crippen molar-refractivity contribution in [3.8, 4) is 0 Å². The van der Waals surface area contributed by atoms with E-state index in [9.17, 15) is 0 Å². The molecule has 2 nitrogen and oxygen atoms in total. The first-order valence-corrected chi connectivity index (χ1v) is 18.9. The van der Waals surface area contributed by atoms with Crippen LogP contribution in [-0.2, 0) is 19.5 Å². The number of unbranched alkanes of at least 4 members (excludes halogenated alkanes) is 26. The maximum absolute atomic E-state index is 2.61. The van der Waals surface area contributed by atoms with Gasteiger partial charge in [-0.05, 0) is 25.7 Å². The summed E-state index contributed by atoms with van der Waals surface area (Å²) in [6.07, 6.45) is 47.5. The molecule has 40 heavy (non-hydrogen) atoms. The zero-order valence-corrected chi connectivity index (χ0v) is 28.2. The van der Waals surface area contributed by atoms with E-state index in [0.717, 1.165) is 0 Å². The summed E-state index contributed by atoms with van der Waals surface area (Å²) in [6.45, 7) is 9.37. The predicted molar refractivity (Wildman–Crippen MR) is 179 cm³/mol. The number of imidazole rings is 1. The molecule has 0 fully saturated rings. The molecule has 0 aliphatic rings. The van der Waals surface area contributed by atoms with Gasteiger partial charge in [0.2, 0.25) is 0 Å². The quantitative estimate of drug-likeness (QED) is 0.0613. The highest BCUT2D eigenvalue weighted by Gasteiger charge is 2.16. The molecule has 1 heterocycles.